The zero-order chi connectivity index (χ0) is 14.7. The lowest BCUT2D eigenvalue weighted by molar-refractivity contribution is -0.144. The van der Waals surface area contributed by atoms with Gasteiger partial charge in [0.2, 0.25) is 0 Å². The molecule has 20 heavy (non-hydrogen) atoms. The van der Waals surface area contributed by atoms with Crippen LogP contribution in [-0.4, -0.2) is 32.5 Å². The third-order valence-electron chi connectivity index (χ3n) is 3.48. The third kappa shape index (κ3) is 2.38. The molecule has 6 heteroatoms. The average Bonchev–Trinajstić information content (AvgIpc) is 2.81. The van der Waals surface area contributed by atoms with Crippen LogP contribution < -0.4 is 4.90 Å². The van der Waals surface area contributed by atoms with Crippen LogP contribution >= 0.6 is 0 Å². The van der Waals surface area contributed by atoms with Crippen molar-refractivity contribution in [1.29, 1.82) is 0 Å². The molecule has 2 rings (SSSR count). The molecule has 0 amide bonds. The lowest BCUT2D eigenvalue weighted by atomic mass is 10.0. The normalized spacial score (nSPS) is 16.9. The topological polar surface area (TPSA) is 68.2 Å². The summed E-state index contributed by atoms with van der Waals surface area (Å²) < 4.78 is 10.3. The van der Waals surface area contributed by atoms with E-state index in [0.29, 0.717) is 24.4 Å². The molecule has 0 N–H and O–H groups in total. The number of ether oxygens (including phenoxy) is 2. The molecule has 1 aliphatic rings. The van der Waals surface area contributed by atoms with Crippen LogP contribution in [0.25, 0.3) is 0 Å². The minimum atomic E-state index is -0.466. The molecule has 0 aliphatic carbocycles. The fraction of sp³-hybridized carbons (Fsp3) is 0.500. The monoisotopic (exact) mass is 278 g/mol. The summed E-state index contributed by atoms with van der Waals surface area (Å²) in [5.74, 6) is -0.308. The molecule has 1 unspecified atom stereocenters. The standard InChI is InChI=1S/C14H18N2O4/c1-4-20-14(17)12-7-10-9(2)5-6-11(15-18)13(10)16(12)8-19-3/h5-6,12H,4,7-8H2,1-3H3. The Balaban J connectivity index is 2.45. The summed E-state index contributed by atoms with van der Waals surface area (Å²) in [7, 11) is 1.55. The highest BCUT2D eigenvalue weighted by Crippen LogP contribution is 2.42. The van der Waals surface area contributed by atoms with Crippen LogP contribution in [0, 0.1) is 11.8 Å². The zero-order valence-corrected chi connectivity index (χ0v) is 11.9. The van der Waals surface area contributed by atoms with Gasteiger partial charge in [-0.25, -0.2) is 4.79 Å². The summed E-state index contributed by atoms with van der Waals surface area (Å²) >= 11 is 0. The van der Waals surface area contributed by atoms with Crippen LogP contribution in [0.5, 0.6) is 0 Å². The molecular formula is C14H18N2O4. The first kappa shape index (κ1) is 14.5. The predicted octanol–water partition coefficient (Wildman–Crippen LogP) is 2.29. The Hall–Kier alpha value is -1.95. The van der Waals surface area contributed by atoms with Gasteiger partial charge in [-0.05, 0) is 36.2 Å². The van der Waals surface area contributed by atoms with Crippen molar-refractivity contribution in [1.82, 2.24) is 0 Å². The van der Waals surface area contributed by atoms with Crippen molar-refractivity contribution < 1.29 is 14.3 Å². The number of hydrogen-bond acceptors (Lipinski definition) is 6. The Morgan fingerprint density at radius 1 is 1.50 bits per heavy atom. The average molecular weight is 278 g/mol. The molecule has 1 heterocycles. The number of carbonyl (C=O) groups excluding carboxylic acids is 1. The molecule has 1 atom stereocenters. The van der Waals surface area contributed by atoms with Crippen LogP contribution in [0.3, 0.4) is 0 Å². The van der Waals surface area contributed by atoms with Crippen molar-refractivity contribution in [3.8, 4) is 0 Å². The minimum absolute atomic E-state index is 0.211. The van der Waals surface area contributed by atoms with Crippen LogP contribution in [-0.2, 0) is 20.7 Å². The van der Waals surface area contributed by atoms with Crippen molar-refractivity contribution in [3.63, 3.8) is 0 Å². The van der Waals surface area contributed by atoms with E-state index in [1.165, 1.54) is 0 Å². The fourth-order valence-electron chi connectivity index (χ4n) is 2.58. The van der Waals surface area contributed by atoms with Crippen molar-refractivity contribution >= 4 is 17.3 Å². The summed E-state index contributed by atoms with van der Waals surface area (Å²) in [6, 6.07) is 3.04. The zero-order valence-electron chi connectivity index (χ0n) is 11.9. The molecule has 0 fully saturated rings. The Morgan fingerprint density at radius 2 is 2.25 bits per heavy atom. The summed E-state index contributed by atoms with van der Waals surface area (Å²) in [6.45, 7) is 4.25. The van der Waals surface area contributed by atoms with Gasteiger partial charge in [0.25, 0.3) is 0 Å². The van der Waals surface area contributed by atoms with E-state index in [2.05, 4.69) is 5.18 Å². The van der Waals surface area contributed by atoms with E-state index in [1.54, 1.807) is 25.0 Å². The largest absolute Gasteiger partial charge is 0.464 e. The second kappa shape index (κ2) is 6.00. The van der Waals surface area contributed by atoms with Crippen molar-refractivity contribution in [2.45, 2.75) is 26.3 Å². The Morgan fingerprint density at radius 3 is 2.85 bits per heavy atom. The SMILES string of the molecule is CCOC(=O)C1Cc2c(C)ccc(N=O)c2N1COC. The van der Waals surface area contributed by atoms with Crippen molar-refractivity contribution in [2.75, 3.05) is 25.3 Å². The van der Waals surface area contributed by atoms with Crippen molar-refractivity contribution in [3.05, 3.63) is 28.2 Å². The van der Waals surface area contributed by atoms with Gasteiger partial charge in [0.15, 0.2) is 0 Å². The number of esters is 1. The molecule has 0 bridgehead atoms. The minimum Gasteiger partial charge on any atom is -0.464 e. The number of benzene rings is 1. The Kier molecular flexibility index (Phi) is 4.34. The smallest absolute Gasteiger partial charge is 0.329 e. The van der Waals surface area contributed by atoms with Crippen LogP contribution in [0.15, 0.2) is 17.3 Å². The van der Waals surface area contributed by atoms with Gasteiger partial charge in [-0.1, -0.05) is 6.07 Å². The number of nitroso groups, excluding NO2 is 1. The number of fused-ring (bicyclic) bond motifs is 1. The molecule has 108 valence electrons. The third-order valence-corrected chi connectivity index (χ3v) is 3.48. The van der Waals surface area contributed by atoms with Crippen molar-refractivity contribution in [2.24, 2.45) is 5.18 Å². The van der Waals surface area contributed by atoms with E-state index in [0.717, 1.165) is 11.1 Å². The van der Waals surface area contributed by atoms with Crippen LogP contribution in [0.1, 0.15) is 18.1 Å². The molecule has 6 nitrogen and oxygen atoms in total. The number of aryl methyl sites for hydroxylation is 1. The van der Waals surface area contributed by atoms with Crippen LogP contribution in [0.2, 0.25) is 0 Å². The Bertz CT molecular complexity index is 530. The second-order valence-electron chi connectivity index (χ2n) is 4.68. The summed E-state index contributed by atoms with van der Waals surface area (Å²) in [6.07, 6.45) is 0.507. The molecule has 1 aliphatic heterocycles. The highest BCUT2D eigenvalue weighted by Gasteiger charge is 2.38. The number of carbonyl (C=O) groups is 1. The molecule has 0 saturated heterocycles. The number of anilines is 1. The summed E-state index contributed by atoms with van der Waals surface area (Å²) in [4.78, 5) is 24.8. The van der Waals surface area contributed by atoms with Gasteiger partial charge in [-0.2, -0.15) is 0 Å². The molecule has 0 spiro atoms. The van der Waals surface area contributed by atoms with Gasteiger partial charge in [0.05, 0.1) is 12.3 Å². The first-order valence-electron chi connectivity index (χ1n) is 6.52. The molecule has 1 aromatic carbocycles. The molecular weight excluding hydrogens is 260 g/mol. The second-order valence-corrected chi connectivity index (χ2v) is 4.68. The van der Waals surface area contributed by atoms with E-state index < -0.39 is 6.04 Å². The van der Waals surface area contributed by atoms with E-state index in [-0.39, 0.29) is 12.7 Å². The predicted molar refractivity (Wildman–Crippen MR) is 75.1 cm³/mol. The van der Waals surface area contributed by atoms with Gasteiger partial charge in [0, 0.05) is 13.5 Å². The first-order chi connectivity index (χ1) is 9.63. The number of nitrogens with zero attached hydrogens (tertiary/aromatic N) is 2. The summed E-state index contributed by atoms with van der Waals surface area (Å²) in [5.41, 5.74) is 2.99. The number of hydrogen-bond donors (Lipinski definition) is 0. The Labute approximate surface area is 117 Å². The van der Waals surface area contributed by atoms with Gasteiger partial charge >= 0.3 is 5.97 Å². The molecule has 0 radical (unpaired) electrons. The first-order valence-corrected chi connectivity index (χ1v) is 6.52. The lowest BCUT2D eigenvalue weighted by Gasteiger charge is -2.25. The van der Waals surface area contributed by atoms with Gasteiger partial charge in [-0.15, -0.1) is 4.91 Å². The number of rotatable bonds is 5. The molecule has 1 aromatic rings. The molecule has 0 aromatic heterocycles. The van der Waals surface area contributed by atoms with E-state index in [4.69, 9.17) is 9.47 Å². The van der Waals surface area contributed by atoms with E-state index >= 15 is 0 Å². The quantitative estimate of drug-likeness (QED) is 0.610. The van der Waals surface area contributed by atoms with E-state index in [9.17, 15) is 9.70 Å². The maximum Gasteiger partial charge on any atom is 0.329 e. The number of methoxy groups -OCH3 is 1. The maximum atomic E-state index is 12.1. The highest BCUT2D eigenvalue weighted by molar-refractivity contribution is 5.88. The lowest BCUT2D eigenvalue weighted by Crippen LogP contribution is -2.41. The van der Waals surface area contributed by atoms with Gasteiger partial charge in [0.1, 0.15) is 18.5 Å². The van der Waals surface area contributed by atoms with Crippen LogP contribution in [0.4, 0.5) is 11.4 Å². The van der Waals surface area contributed by atoms with Gasteiger partial charge in [-0.3, -0.25) is 0 Å². The summed E-state index contributed by atoms with van der Waals surface area (Å²) in [5, 5.41) is 3.06. The fourth-order valence-corrected chi connectivity index (χ4v) is 2.58. The van der Waals surface area contributed by atoms with E-state index in [1.807, 2.05) is 13.0 Å². The van der Waals surface area contributed by atoms with Gasteiger partial charge < -0.3 is 14.4 Å². The highest BCUT2D eigenvalue weighted by atomic mass is 16.5. The maximum absolute atomic E-state index is 12.1. The molecule has 0 saturated carbocycles.